The van der Waals surface area contributed by atoms with Crippen LogP contribution < -0.4 is 15.2 Å². The van der Waals surface area contributed by atoms with Crippen LogP contribution >= 0.6 is 0 Å². The second kappa shape index (κ2) is 5.81. The monoisotopic (exact) mass is 276 g/mol. The molecule has 20 heavy (non-hydrogen) atoms. The number of hydrogen-bond acceptors (Lipinski definition) is 5. The second-order valence-electron chi connectivity index (χ2n) is 4.33. The molecule has 0 bridgehead atoms. The molecule has 0 atom stereocenters. The predicted octanol–water partition coefficient (Wildman–Crippen LogP) is 1.99. The number of nitrogens with two attached hydrogens (primary N) is 1. The Bertz CT molecular complexity index is 607. The van der Waals surface area contributed by atoms with Gasteiger partial charge in [-0.15, -0.1) is 0 Å². The fraction of sp³-hybridized carbons (Fsp3) is 0.429. The molecule has 2 aromatic rings. The molecule has 0 saturated carbocycles. The Kier molecular flexibility index (Phi) is 4.12. The van der Waals surface area contributed by atoms with Crippen LogP contribution in [0.5, 0.6) is 11.5 Å². The third-order valence-electron chi connectivity index (χ3n) is 3.11. The smallest absolute Gasteiger partial charge is 0.163 e. The van der Waals surface area contributed by atoms with Gasteiger partial charge in [0.2, 0.25) is 0 Å². The Hall–Kier alpha value is -2.24. The second-order valence-corrected chi connectivity index (χ2v) is 4.33. The van der Waals surface area contributed by atoms with Crippen molar-refractivity contribution in [3.8, 4) is 17.2 Å². The van der Waals surface area contributed by atoms with Gasteiger partial charge in [-0.1, -0.05) is 13.8 Å². The minimum atomic E-state index is 0.574. The van der Waals surface area contributed by atoms with Crippen molar-refractivity contribution >= 4 is 5.69 Å². The third-order valence-corrected chi connectivity index (χ3v) is 3.11. The van der Waals surface area contributed by atoms with Gasteiger partial charge in [-0.2, -0.15) is 5.10 Å². The van der Waals surface area contributed by atoms with Gasteiger partial charge in [0.1, 0.15) is 5.82 Å². The Labute approximate surface area is 118 Å². The first-order valence-electron chi connectivity index (χ1n) is 6.61. The molecule has 108 valence electrons. The van der Waals surface area contributed by atoms with Gasteiger partial charge in [0.25, 0.3) is 0 Å². The van der Waals surface area contributed by atoms with Gasteiger partial charge in [0.15, 0.2) is 17.3 Å². The van der Waals surface area contributed by atoms with E-state index in [1.54, 1.807) is 25.0 Å². The van der Waals surface area contributed by atoms with E-state index in [4.69, 9.17) is 15.2 Å². The summed E-state index contributed by atoms with van der Waals surface area (Å²) in [4.78, 5) is 4.49. The summed E-state index contributed by atoms with van der Waals surface area (Å²) in [5.74, 6) is 2.90. The number of rotatable bonds is 5. The minimum absolute atomic E-state index is 0.574. The van der Waals surface area contributed by atoms with E-state index in [2.05, 4.69) is 10.1 Å². The van der Waals surface area contributed by atoms with E-state index < -0.39 is 0 Å². The molecule has 1 heterocycles. The molecule has 6 heteroatoms. The van der Waals surface area contributed by atoms with Crippen molar-refractivity contribution in [2.75, 3.05) is 20.0 Å². The highest BCUT2D eigenvalue weighted by Gasteiger charge is 2.15. The molecule has 0 amide bonds. The molecule has 0 fully saturated rings. The van der Waals surface area contributed by atoms with Gasteiger partial charge in [-0.25, -0.2) is 9.67 Å². The first-order chi connectivity index (χ1) is 9.64. The number of aromatic nitrogens is 3. The maximum absolute atomic E-state index is 6.10. The van der Waals surface area contributed by atoms with E-state index in [1.165, 1.54) is 0 Å². The third kappa shape index (κ3) is 2.41. The van der Waals surface area contributed by atoms with Gasteiger partial charge >= 0.3 is 0 Å². The minimum Gasteiger partial charge on any atom is -0.493 e. The Balaban J connectivity index is 2.60. The van der Waals surface area contributed by atoms with Crippen LogP contribution in [-0.4, -0.2) is 29.0 Å². The van der Waals surface area contributed by atoms with Crippen molar-refractivity contribution in [3.63, 3.8) is 0 Å². The molecule has 0 aliphatic carbocycles. The Morgan fingerprint density at radius 2 is 1.75 bits per heavy atom. The fourth-order valence-electron chi connectivity index (χ4n) is 2.03. The largest absolute Gasteiger partial charge is 0.493 e. The summed E-state index contributed by atoms with van der Waals surface area (Å²) in [5, 5.41) is 4.49. The van der Waals surface area contributed by atoms with E-state index >= 15 is 0 Å². The van der Waals surface area contributed by atoms with E-state index in [9.17, 15) is 0 Å². The van der Waals surface area contributed by atoms with E-state index in [0.717, 1.165) is 30.2 Å². The molecule has 2 rings (SSSR count). The summed E-state index contributed by atoms with van der Waals surface area (Å²) in [6, 6.07) is 3.56. The molecule has 0 aliphatic rings. The highest BCUT2D eigenvalue weighted by Crippen LogP contribution is 2.34. The molecule has 0 unspecified atom stereocenters. The predicted molar refractivity (Wildman–Crippen MR) is 77.6 cm³/mol. The normalized spacial score (nSPS) is 10.6. The number of ether oxygens (including phenoxy) is 2. The molecule has 0 radical (unpaired) electrons. The number of hydrogen-bond donors (Lipinski definition) is 1. The van der Waals surface area contributed by atoms with Crippen molar-refractivity contribution in [2.24, 2.45) is 0 Å². The van der Waals surface area contributed by atoms with E-state index in [1.807, 2.05) is 19.9 Å². The Morgan fingerprint density at radius 3 is 2.30 bits per heavy atom. The molecule has 2 N–H and O–H groups in total. The van der Waals surface area contributed by atoms with Crippen molar-refractivity contribution in [1.29, 1.82) is 0 Å². The summed E-state index contributed by atoms with van der Waals surface area (Å²) in [5.41, 5.74) is 7.43. The molecule has 1 aromatic carbocycles. The van der Waals surface area contributed by atoms with Crippen LogP contribution in [0.15, 0.2) is 12.1 Å². The van der Waals surface area contributed by atoms with Gasteiger partial charge < -0.3 is 15.2 Å². The topological polar surface area (TPSA) is 75.2 Å². The number of nitrogen functional groups attached to an aromatic ring is 1. The maximum atomic E-state index is 6.10. The van der Waals surface area contributed by atoms with Gasteiger partial charge in [-0.05, 0) is 0 Å². The molecule has 0 aliphatic heterocycles. The van der Waals surface area contributed by atoms with Crippen molar-refractivity contribution in [3.05, 3.63) is 23.8 Å². The molecule has 0 saturated heterocycles. The zero-order valence-electron chi connectivity index (χ0n) is 12.3. The number of nitrogens with zero attached hydrogens (tertiary/aromatic N) is 3. The summed E-state index contributed by atoms with van der Waals surface area (Å²) in [6.07, 6.45) is 1.56. The molecule has 0 spiro atoms. The fourth-order valence-corrected chi connectivity index (χ4v) is 2.03. The summed E-state index contributed by atoms with van der Waals surface area (Å²) >= 11 is 0. The van der Waals surface area contributed by atoms with Gasteiger partial charge in [0, 0.05) is 25.0 Å². The zero-order chi connectivity index (χ0) is 14.7. The van der Waals surface area contributed by atoms with Gasteiger partial charge in [-0.3, -0.25) is 0 Å². The summed E-state index contributed by atoms with van der Waals surface area (Å²) in [6.45, 7) is 4.06. The highest BCUT2D eigenvalue weighted by molar-refractivity contribution is 5.65. The quantitative estimate of drug-likeness (QED) is 0.845. The van der Waals surface area contributed by atoms with Crippen LogP contribution in [0.1, 0.15) is 25.5 Å². The lowest BCUT2D eigenvalue weighted by Crippen LogP contribution is -2.07. The molecular weight excluding hydrogens is 256 g/mol. The first kappa shape index (κ1) is 14.2. The molecule has 6 nitrogen and oxygen atoms in total. The highest BCUT2D eigenvalue weighted by atomic mass is 16.5. The lowest BCUT2D eigenvalue weighted by Gasteiger charge is -2.13. The maximum Gasteiger partial charge on any atom is 0.163 e. The Morgan fingerprint density at radius 1 is 1.10 bits per heavy atom. The summed E-state index contributed by atoms with van der Waals surface area (Å²) < 4.78 is 12.3. The number of aryl methyl sites for hydroxylation is 2. The average molecular weight is 276 g/mol. The molecule has 1 aromatic heterocycles. The van der Waals surface area contributed by atoms with Crippen LogP contribution in [0.25, 0.3) is 5.69 Å². The van der Waals surface area contributed by atoms with Crippen LogP contribution in [0, 0.1) is 0 Å². The summed E-state index contributed by atoms with van der Waals surface area (Å²) in [7, 11) is 3.18. The van der Waals surface area contributed by atoms with E-state index in [-0.39, 0.29) is 0 Å². The van der Waals surface area contributed by atoms with Crippen LogP contribution in [-0.2, 0) is 12.8 Å². The van der Waals surface area contributed by atoms with Crippen LogP contribution in [0.3, 0.4) is 0 Å². The number of anilines is 1. The van der Waals surface area contributed by atoms with Crippen molar-refractivity contribution < 1.29 is 9.47 Å². The standard InChI is InChI=1S/C14H20N4O2/c1-5-13-16-14(6-2)18(17-13)10-8-12(20-4)11(19-3)7-9(10)15/h7-8H,5-6,15H2,1-4H3. The zero-order valence-corrected chi connectivity index (χ0v) is 12.3. The lowest BCUT2D eigenvalue weighted by molar-refractivity contribution is 0.355. The number of methoxy groups -OCH3 is 2. The van der Waals surface area contributed by atoms with Crippen molar-refractivity contribution in [1.82, 2.24) is 14.8 Å². The lowest BCUT2D eigenvalue weighted by atomic mass is 10.2. The van der Waals surface area contributed by atoms with Crippen LogP contribution in [0.2, 0.25) is 0 Å². The molecular formula is C14H20N4O2. The SMILES string of the molecule is CCc1nc(CC)n(-c2cc(OC)c(OC)cc2N)n1. The van der Waals surface area contributed by atoms with Crippen molar-refractivity contribution in [2.45, 2.75) is 26.7 Å². The number of benzene rings is 1. The van der Waals surface area contributed by atoms with Gasteiger partial charge in [0.05, 0.1) is 25.6 Å². The van der Waals surface area contributed by atoms with E-state index in [0.29, 0.717) is 17.2 Å². The average Bonchev–Trinajstić information content (AvgIpc) is 2.90. The van der Waals surface area contributed by atoms with Crippen LogP contribution in [0.4, 0.5) is 5.69 Å². The first-order valence-corrected chi connectivity index (χ1v) is 6.61.